The summed E-state index contributed by atoms with van der Waals surface area (Å²) < 4.78 is 12.5. The molecule has 0 aliphatic heterocycles. The number of ether oxygens (including phenoxy) is 2. The number of rotatable bonds is 11. The highest BCUT2D eigenvalue weighted by Gasteiger charge is 2.18. The van der Waals surface area contributed by atoms with Crippen LogP contribution >= 0.6 is 12.4 Å². The van der Waals surface area contributed by atoms with Gasteiger partial charge in [-0.05, 0) is 66.9 Å². The number of hydrogen-bond acceptors (Lipinski definition) is 4. The zero-order valence-corrected chi connectivity index (χ0v) is 24.3. The molecule has 0 saturated carbocycles. The summed E-state index contributed by atoms with van der Waals surface area (Å²) in [6.07, 6.45) is -0.721. The number of benzene rings is 5. The smallest absolute Gasteiger partial charge is 0.170 e. The fourth-order valence-electron chi connectivity index (χ4n) is 4.58. The number of halogens is 1. The van der Waals surface area contributed by atoms with Gasteiger partial charge in [0.25, 0.3) is 0 Å². The number of nitrogens with zero attached hydrogens (tertiary/aromatic N) is 1. The Bertz CT molecular complexity index is 1450. The van der Waals surface area contributed by atoms with E-state index in [2.05, 4.69) is 29.2 Å². The van der Waals surface area contributed by atoms with Crippen molar-refractivity contribution in [3.8, 4) is 23.0 Å². The lowest BCUT2D eigenvalue weighted by atomic mass is 10.1. The number of aliphatic hydroxyl groups is 1. The summed E-state index contributed by atoms with van der Waals surface area (Å²) in [4.78, 5) is 2.27. The van der Waals surface area contributed by atoms with Crippen molar-refractivity contribution in [3.63, 3.8) is 0 Å². The van der Waals surface area contributed by atoms with Gasteiger partial charge >= 0.3 is 0 Å². The molecule has 5 heteroatoms. The van der Waals surface area contributed by atoms with Gasteiger partial charge in [-0.3, -0.25) is 4.90 Å². The summed E-state index contributed by atoms with van der Waals surface area (Å²) in [5.41, 5.74) is 5.50. The van der Waals surface area contributed by atoms with Gasteiger partial charge in [-0.2, -0.15) is 0 Å². The monoisotopic (exact) mass is 565 g/mol. The highest BCUT2D eigenvalue weighted by atomic mass is 35.5. The van der Waals surface area contributed by atoms with Crippen molar-refractivity contribution in [2.45, 2.75) is 33.0 Å². The Morgan fingerprint density at radius 2 is 1.05 bits per heavy atom. The first kappa shape index (κ1) is 29.9. The van der Waals surface area contributed by atoms with Crippen LogP contribution in [-0.4, -0.2) is 16.6 Å². The summed E-state index contributed by atoms with van der Waals surface area (Å²) in [5.74, 6) is 2.58. The van der Waals surface area contributed by atoms with Gasteiger partial charge in [0.2, 0.25) is 0 Å². The molecule has 1 atom stereocenters. The van der Waals surface area contributed by atoms with Crippen LogP contribution in [-0.2, 0) is 13.1 Å². The molecule has 1 unspecified atom stereocenters. The number of aliphatic hydroxyl groups excluding tert-OH is 1. The topological polar surface area (TPSA) is 41.9 Å². The van der Waals surface area contributed by atoms with E-state index >= 15 is 0 Å². The third-order valence-corrected chi connectivity index (χ3v) is 6.78. The Labute approximate surface area is 249 Å². The molecule has 0 aromatic heterocycles. The van der Waals surface area contributed by atoms with Crippen molar-refractivity contribution in [3.05, 3.63) is 155 Å². The first-order valence-corrected chi connectivity index (χ1v) is 13.6. The molecule has 0 spiro atoms. The summed E-state index contributed by atoms with van der Waals surface area (Å²) in [6, 6.07) is 42.2. The van der Waals surface area contributed by atoms with Gasteiger partial charge < -0.3 is 14.6 Å². The standard InChI is InChI=1S/C36H35NO3.ClH/c1-27-13-18-32(19-14-27)39-35-22-17-31(23-36(35)40-33-20-15-28(2)16-21-33)34(38)26-37(24-29-9-5-3-6-10-29)25-30-11-7-4-8-12-30;/h3-23,34,38H,24-26H2,1-2H3;1H. The second-order valence-electron chi connectivity index (χ2n) is 10.2. The van der Waals surface area contributed by atoms with Gasteiger partial charge in [0.05, 0.1) is 6.10 Å². The predicted octanol–water partition coefficient (Wildman–Crippen LogP) is 9.05. The predicted molar refractivity (Wildman–Crippen MR) is 168 cm³/mol. The fourth-order valence-corrected chi connectivity index (χ4v) is 4.58. The second-order valence-corrected chi connectivity index (χ2v) is 10.2. The van der Waals surface area contributed by atoms with Crippen LogP contribution in [0.5, 0.6) is 23.0 Å². The van der Waals surface area contributed by atoms with Crippen LogP contribution in [0.3, 0.4) is 0 Å². The molecular weight excluding hydrogens is 530 g/mol. The molecule has 1 N–H and O–H groups in total. The van der Waals surface area contributed by atoms with Crippen LogP contribution in [0.25, 0.3) is 0 Å². The molecule has 0 radical (unpaired) electrons. The average molecular weight is 566 g/mol. The lowest BCUT2D eigenvalue weighted by Gasteiger charge is -2.26. The highest BCUT2D eigenvalue weighted by Crippen LogP contribution is 2.37. The van der Waals surface area contributed by atoms with Crippen molar-refractivity contribution in [2.24, 2.45) is 0 Å². The Kier molecular flexibility index (Phi) is 10.6. The van der Waals surface area contributed by atoms with Gasteiger partial charge in [-0.25, -0.2) is 0 Å². The normalized spacial score (nSPS) is 11.5. The van der Waals surface area contributed by atoms with Crippen molar-refractivity contribution in [1.82, 2.24) is 4.90 Å². The van der Waals surface area contributed by atoms with Gasteiger partial charge in [0, 0.05) is 19.6 Å². The minimum absolute atomic E-state index is 0. The minimum atomic E-state index is -0.721. The van der Waals surface area contributed by atoms with Gasteiger partial charge in [0.1, 0.15) is 11.5 Å². The molecule has 0 bridgehead atoms. The molecule has 0 amide bonds. The lowest BCUT2D eigenvalue weighted by molar-refractivity contribution is 0.105. The van der Waals surface area contributed by atoms with E-state index in [9.17, 15) is 5.11 Å². The maximum atomic E-state index is 11.4. The van der Waals surface area contributed by atoms with Crippen LogP contribution in [0.1, 0.15) is 33.9 Å². The molecule has 5 rings (SSSR count). The van der Waals surface area contributed by atoms with E-state index in [-0.39, 0.29) is 12.4 Å². The third kappa shape index (κ3) is 8.70. The first-order chi connectivity index (χ1) is 19.5. The molecule has 0 heterocycles. The van der Waals surface area contributed by atoms with Crippen LogP contribution in [0.2, 0.25) is 0 Å². The van der Waals surface area contributed by atoms with E-state index < -0.39 is 6.10 Å². The van der Waals surface area contributed by atoms with Gasteiger partial charge in [-0.15, -0.1) is 12.4 Å². The molecule has 0 aliphatic carbocycles. The molecular formula is C36H36ClNO3. The SMILES string of the molecule is Cc1ccc(Oc2ccc(C(O)CN(Cc3ccccc3)Cc3ccccc3)cc2Oc2ccc(C)cc2)cc1.Cl. The van der Waals surface area contributed by atoms with Crippen molar-refractivity contribution in [1.29, 1.82) is 0 Å². The van der Waals surface area contributed by atoms with Crippen LogP contribution in [0.15, 0.2) is 127 Å². The Morgan fingerprint density at radius 3 is 1.54 bits per heavy atom. The Morgan fingerprint density at radius 1 is 0.585 bits per heavy atom. The highest BCUT2D eigenvalue weighted by molar-refractivity contribution is 5.85. The summed E-state index contributed by atoms with van der Waals surface area (Å²) >= 11 is 0. The average Bonchev–Trinajstić information content (AvgIpc) is 2.97. The van der Waals surface area contributed by atoms with E-state index in [1.807, 2.05) is 117 Å². The quantitative estimate of drug-likeness (QED) is 0.173. The second kappa shape index (κ2) is 14.5. The Balaban J connectivity index is 0.00000387. The van der Waals surface area contributed by atoms with Crippen LogP contribution in [0.4, 0.5) is 0 Å². The Hall–Kier alpha value is -4.09. The molecule has 210 valence electrons. The molecule has 5 aromatic carbocycles. The molecule has 5 aromatic rings. The molecule has 0 saturated heterocycles. The zero-order valence-electron chi connectivity index (χ0n) is 23.4. The van der Waals surface area contributed by atoms with Crippen molar-refractivity contribution in [2.75, 3.05) is 6.54 Å². The van der Waals surface area contributed by atoms with Crippen LogP contribution < -0.4 is 9.47 Å². The summed E-state index contributed by atoms with van der Waals surface area (Å²) in [7, 11) is 0. The number of hydrogen-bond donors (Lipinski definition) is 1. The van der Waals surface area contributed by atoms with Gasteiger partial charge in [0.15, 0.2) is 11.5 Å². The van der Waals surface area contributed by atoms with Crippen molar-refractivity contribution < 1.29 is 14.6 Å². The van der Waals surface area contributed by atoms with E-state index in [4.69, 9.17) is 9.47 Å². The largest absolute Gasteiger partial charge is 0.453 e. The number of aryl methyl sites for hydroxylation is 2. The van der Waals surface area contributed by atoms with Crippen LogP contribution in [0, 0.1) is 13.8 Å². The van der Waals surface area contributed by atoms with Gasteiger partial charge in [-0.1, -0.05) is 102 Å². The fraction of sp³-hybridized carbons (Fsp3) is 0.167. The van der Waals surface area contributed by atoms with Crippen molar-refractivity contribution >= 4 is 12.4 Å². The van der Waals surface area contributed by atoms with E-state index in [1.54, 1.807) is 0 Å². The van der Waals surface area contributed by atoms with E-state index in [0.29, 0.717) is 23.8 Å². The third-order valence-electron chi connectivity index (χ3n) is 6.78. The lowest BCUT2D eigenvalue weighted by Crippen LogP contribution is -2.28. The summed E-state index contributed by atoms with van der Waals surface area (Å²) in [5, 5.41) is 11.4. The molecule has 0 aliphatic rings. The maximum absolute atomic E-state index is 11.4. The first-order valence-electron chi connectivity index (χ1n) is 13.6. The zero-order chi connectivity index (χ0) is 27.7. The maximum Gasteiger partial charge on any atom is 0.170 e. The molecule has 41 heavy (non-hydrogen) atoms. The summed E-state index contributed by atoms with van der Waals surface area (Å²) in [6.45, 7) is 6.02. The van der Waals surface area contributed by atoms with E-state index in [1.165, 1.54) is 11.1 Å². The molecule has 4 nitrogen and oxygen atoms in total. The van der Waals surface area contributed by atoms with E-state index in [0.717, 1.165) is 35.5 Å². The minimum Gasteiger partial charge on any atom is -0.453 e. The molecule has 0 fully saturated rings.